The molecule has 1 amide bonds. The molecule has 0 aliphatic carbocycles. The summed E-state index contributed by atoms with van der Waals surface area (Å²) in [5.74, 6) is -0.0327. The zero-order valence-electron chi connectivity index (χ0n) is 11.5. The van der Waals surface area contributed by atoms with Crippen LogP contribution in [0.4, 0.5) is 0 Å². The maximum atomic E-state index is 12.5. The van der Waals surface area contributed by atoms with Crippen molar-refractivity contribution in [2.75, 3.05) is 13.1 Å². The minimum absolute atomic E-state index is 0.0327. The van der Waals surface area contributed by atoms with E-state index in [1.165, 1.54) is 17.1 Å². The van der Waals surface area contributed by atoms with Gasteiger partial charge in [0.2, 0.25) is 0 Å². The van der Waals surface area contributed by atoms with Gasteiger partial charge in [-0.05, 0) is 37.4 Å². The number of aromatic nitrogens is 4. The van der Waals surface area contributed by atoms with Gasteiger partial charge in [-0.25, -0.2) is 9.97 Å². The lowest BCUT2D eigenvalue weighted by Crippen LogP contribution is -2.34. The van der Waals surface area contributed by atoms with E-state index < -0.39 is 0 Å². The van der Waals surface area contributed by atoms with E-state index in [2.05, 4.69) is 19.6 Å². The highest BCUT2D eigenvalue weighted by molar-refractivity contribution is 7.05. The zero-order chi connectivity index (χ0) is 14.1. The Kier molecular flexibility index (Phi) is 3.43. The summed E-state index contributed by atoms with van der Waals surface area (Å²) < 4.78 is 3.84. The third-order valence-electron chi connectivity index (χ3n) is 3.64. The highest BCUT2D eigenvalue weighted by Crippen LogP contribution is 2.18. The predicted molar refractivity (Wildman–Crippen MR) is 74.7 cm³/mol. The van der Waals surface area contributed by atoms with Crippen LogP contribution in [0.2, 0.25) is 0 Å². The fourth-order valence-corrected chi connectivity index (χ4v) is 2.93. The van der Waals surface area contributed by atoms with Gasteiger partial charge >= 0.3 is 0 Å². The van der Waals surface area contributed by atoms with Crippen LogP contribution in [0, 0.1) is 13.8 Å². The predicted octanol–water partition coefficient (Wildman–Crippen LogP) is 1.19. The van der Waals surface area contributed by atoms with Gasteiger partial charge in [-0.3, -0.25) is 4.79 Å². The van der Waals surface area contributed by atoms with Crippen LogP contribution in [-0.4, -0.2) is 43.5 Å². The second-order valence-electron chi connectivity index (χ2n) is 4.85. The van der Waals surface area contributed by atoms with Gasteiger partial charge < -0.3 is 4.90 Å². The SMILES string of the molecule is Cc1ncnc2c1CCN(C(=O)c1nnsc1C)CC2. The number of rotatable bonds is 1. The van der Waals surface area contributed by atoms with Crippen molar-refractivity contribution in [3.8, 4) is 0 Å². The first-order valence-corrected chi connectivity index (χ1v) is 7.31. The average Bonchev–Trinajstić information content (AvgIpc) is 2.73. The van der Waals surface area contributed by atoms with E-state index in [1.807, 2.05) is 18.7 Å². The number of hydrogen-bond acceptors (Lipinski definition) is 6. The van der Waals surface area contributed by atoms with Gasteiger partial charge in [0.15, 0.2) is 5.69 Å². The van der Waals surface area contributed by atoms with Crippen LogP contribution in [0.15, 0.2) is 6.33 Å². The molecule has 20 heavy (non-hydrogen) atoms. The van der Waals surface area contributed by atoms with Gasteiger partial charge in [0.25, 0.3) is 5.91 Å². The molecule has 0 N–H and O–H groups in total. The summed E-state index contributed by atoms with van der Waals surface area (Å²) >= 11 is 1.26. The molecule has 0 radical (unpaired) electrons. The summed E-state index contributed by atoms with van der Waals surface area (Å²) in [7, 11) is 0. The van der Waals surface area contributed by atoms with Crippen molar-refractivity contribution in [2.24, 2.45) is 0 Å². The number of carbonyl (C=O) groups excluding carboxylic acids is 1. The molecular formula is C13H15N5OS. The van der Waals surface area contributed by atoms with E-state index in [4.69, 9.17) is 0 Å². The van der Waals surface area contributed by atoms with Gasteiger partial charge in [-0.1, -0.05) is 4.49 Å². The molecule has 1 aliphatic heterocycles. The van der Waals surface area contributed by atoms with Gasteiger partial charge in [-0.2, -0.15) is 0 Å². The molecule has 2 aromatic rings. The summed E-state index contributed by atoms with van der Waals surface area (Å²) in [4.78, 5) is 23.7. The smallest absolute Gasteiger partial charge is 0.275 e. The maximum Gasteiger partial charge on any atom is 0.275 e. The first kappa shape index (κ1) is 13.1. The van der Waals surface area contributed by atoms with Gasteiger partial charge in [-0.15, -0.1) is 5.10 Å². The fourth-order valence-electron chi connectivity index (χ4n) is 2.47. The fraction of sp³-hybridized carbons (Fsp3) is 0.462. The zero-order valence-corrected chi connectivity index (χ0v) is 12.3. The Morgan fingerprint density at radius 2 is 2.05 bits per heavy atom. The number of amides is 1. The molecule has 2 aromatic heterocycles. The monoisotopic (exact) mass is 289 g/mol. The number of fused-ring (bicyclic) bond motifs is 1. The quantitative estimate of drug-likeness (QED) is 0.788. The summed E-state index contributed by atoms with van der Waals surface area (Å²) in [6.07, 6.45) is 3.16. The summed E-state index contributed by atoms with van der Waals surface area (Å²) in [5, 5.41) is 3.94. The van der Waals surface area contributed by atoms with Crippen molar-refractivity contribution in [1.82, 2.24) is 24.5 Å². The third-order valence-corrected chi connectivity index (χ3v) is 4.27. The van der Waals surface area contributed by atoms with Crippen molar-refractivity contribution in [3.63, 3.8) is 0 Å². The lowest BCUT2D eigenvalue weighted by molar-refractivity contribution is 0.0756. The molecule has 6 nitrogen and oxygen atoms in total. The molecule has 3 rings (SSSR count). The maximum absolute atomic E-state index is 12.5. The molecule has 3 heterocycles. The van der Waals surface area contributed by atoms with Crippen molar-refractivity contribution >= 4 is 17.4 Å². The van der Waals surface area contributed by atoms with Crippen LogP contribution in [-0.2, 0) is 12.8 Å². The molecular weight excluding hydrogens is 274 g/mol. The van der Waals surface area contributed by atoms with Crippen LogP contribution in [0.25, 0.3) is 0 Å². The highest BCUT2D eigenvalue weighted by atomic mass is 32.1. The van der Waals surface area contributed by atoms with Crippen LogP contribution < -0.4 is 0 Å². The van der Waals surface area contributed by atoms with E-state index in [0.717, 1.165) is 29.1 Å². The lowest BCUT2D eigenvalue weighted by Gasteiger charge is -2.18. The van der Waals surface area contributed by atoms with Crippen molar-refractivity contribution < 1.29 is 4.79 Å². The number of nitrogens with zero attached hydrogens (tertiary/aromatic N) is 5. The minimum Gasteiger partial charge on any atom is -0.336 e. The lowest BCUT2D eigenvalue weighted by atomic mass is 10.1. The molecule has 0 atom stereocenters. The molecule has 0 saturated heterocycles. The second kappa shape index (κ2) is 5.24. The van der Waals surface area contributed by atoms with Gasteiger partial charge in [0.05, 0.1) is 4.88 Å². The van der Waals surface area contributed by atoms with E-state index in [1.54, 1.807) is 6.33 Å². The summed E-state index contributed by atoms with van der Waals surface area (Å²) in [6, 6.07) is 0. The van der Waals surface area contributed by atoms with Crippen molar-refractivity contribution in [3.05, 3.63) is 33.8 Å². The summed E-state index contributed by atoms with van der Waals surface area (Å²) in [6.45, 7) is 5.21. The molecule has 0 fully saturated rings. The first-order chi connectivity index (χ1) is 9.66. The highest BCUT2D eigenvalue weighted by Gasteiger charge is 2.24. The molecule has 0 spiro atoms. The number of hydrogen-bond donors (Lipinski definition) is 0. The summed E-state index contributed by atoms with van der Waals surface area (Å²) in [5.41, 5.74) is 3.72. The van der Waals surface area contributed by atoms with E-state index in [0.29, 0.717) is 18.8 Å². The number of carbonyl (C=O) groups is 1. The Labute approximate surface area is 121 Å². The van der Waals surface area contributed by atoms with Crippen molar-refractivity contribution in [2.45, 2.75) is 26.7 Å². The number of aryl methyl sites for hydroxylation is 2. The average molecular weight is 289 g/mol. The Morgan fingerprint density at radius 1 is 1.25 bits per heavy atom. The molecule has 0 unspecified atom stereocenters. The third kappa shape index (κ3) is 2.29. The van der Waals surface area contributed by atoms with Crippen LogP contribution in [0.1, 0.15) is 32.3 Å². The van der Waals surface area contributed by atoms with Gasteiger partial charge in [0, 0.05) is 30.9 Å². The standard InChI is InChI=1S/C13H15N5OS/c1-8-10-3-5-18(6-4-11(10)15-7-14-8)13(19)12-9(2)20-17-16-12/h7H,3-6H2,1-2H3. The van der Waals surface area contributed by atoms with E-state index >= 15 is 0 Å². The molecule has 1 aliphatic rings. The van der Waals surface area contributed by atoms with E-state index in [9.17, 15) is 4.79 Å². The van der Waals surface area contributed by atoms with Crippen molar-refractivity contribution in [1.29, 1.82) is 0 Å². The second-order valence-corrected chi connectivity index (χ2v) is 5.81. The first-order valence-electron chi connectivity index (χ1n) is 6.54. The largest absolute Gasteiger partial charge is 0.336 e. The van der Waals surface area contributed by atoms with Crippen LogP contribution in [0.5, 0.6) is 0 Å². The Hall–Kier alpha value is -1.89. The minimum atomic E-state index is -0.0327. The molecule has 0 bridgehead atoms. The van der Waals surface area contributed by atoms with Crippen LogP contribution in [0.3, 0.4) is 0 Å². The molecule has 104 valence electrons. The van der Waals surface area contributed by atoms with Crippen LogP contribution >= 0.6 is 11.5 Å². The Balaban J connectivity index is 1.82. The Morgan fingerprint density at radius 3 is 2.80 bits per heavy atom. The van der Waals surface area contributed by atoms with E-state index in [-0.39, 0.29) is 5.91 Å². The molecule has 0 saturated carbocycles. The Bertz CT molecular complexity index is 654. The van der Waals surface area contributed by atoms with Gasteiger partial charge in [0.1, 0.15) is 6.33 Å². The molecule has 7 heteroatoms. The molecule has 0 aromatic carbocycles. The topological polar surface area (TPSA) is 71.9 Å². The normalized spacial score (nSPS) is 14.8.